The van der Waals surface area contributed by atoms with Crippen LogP contribution in [0, 0.1) is 0 Å². The lowest BCUT2D eigenvalue weighted by Crippen LogP contribution is -2.00. The SMILES string of the molecule is O=C(c1ccc(Br)cc1)c1c[nH]c2cccc(Cl)c12. The van der Waals surface area contributed by atoms with E-state index in [1.54, 1.807) is 24.4 Å². The fraction of sp³-hybridized carbons (Fsp3) is 0. The topological polar surface area (TPSA) is 32.9 Å². The van der Waals surface area contributed by atoms with Gasteiger partial charge in [-0.3, -0.25) is 4.79 Å². The van der Waals surface area contributed by atoms with Crippen LogP contribution in [-0.4, -0.2) is 10.8 Å². The second kappa shape index (κ2) is 4.83. The molecule has 19 heavy (non-hydrogen) atoms. The van der Waals surface area contributed by atoms with Gasteiger partial charge in [-0.15, -0.1) is 0 Å². The van der Waals surface area contributed by atoms with Gasteiger partial charge in [0, 0.05) is 32.7 Å². The Bertz CT molecular complexity index is 761. The number of H-pyrrole nitrogens is 1. The molecule has 0 aliphatic heterocycles. The molecule has 0 amide bonds. The number of rotatable bonds is 2. The number of carbonyl (C=O) groups is 1. The van der Waals surface area contributed by atoms with Crippen molar-refractivity contribution in [3.63, 3.8) is 0 Å². The largest absolute Gasteiger partial charge is 0.360 e. The molecule has 3 rings (SSSR count). The zero-order valence-corrected chi connectivity index (χ0v) is 12.1. The summed E-state index contributed by atoms with van der Waals surface area (Å²) < 4.78 is 0.945. The second-order valence-corrected chi connectivity index (χ2v) is 5.52. The first-order chi connectivity index (χ1) is 9.16. The third kappa shape index (κ3) is 2.20. The summed E-state index contributed by atoms with van der Waals surface area (Å²) in [4.78, 5) is 15.6. The van der Waals surface area contributed by atoms with E-state index in [-0.39, 0.29) is 5.78 Å². The quantitative estimate of drug-likeness (QED) is 0.670. The average Bonchev–Trinajstić information content (AvgIpc) is 2.84. The summed E-state index contributed by atoms with van der Waals surface area (Å²) in [5.74, 6) is -0.0353. The zero-order valence-electron chi connectivity index (χ0n) is 9.78. The van der Waals surface area contributed by atoms with E-state index in [9.17, 15) is 4.79 Å². The summed E-state index contributed by atoms with van der Waals surface area (Å²) in [7, 11) is 0. The van der Waals surface area contributed by atoms with Gasteiger partial charge in [0.15, 0.2) is 5.78 Å². The first-order valence-corrected chi connectivity index (χ1v) is 6.90. The molecule has 0 spiro atoms. The van der Waals surface area contributed by atoms with E-state index in [0.29, 0.717) is 16.1 Å². The summed E-state index contributed by atoms with van der Waals surface area (Å²) in [6.07, 6.45) is 1.71. The van der Waals surface area contributed by atoms with Gasteiger partial charge >= 0.3 is 0 Å². The molecule has 2 aromatic carbocycles. The summed E-state index contributed by atoms with van der Waals surface area (Å²) in [5, 5.41) is 1.36. The molecule has 0 bridgehead atoms. The van der Waals surface area contributed by atoms with Gasteiger partial charge in [-0.05, 0) is 36.4 Å². The van der Waals surface area contributed by atoms with E-state index in [4.69, 9.17) is 11.6 Å². The number of halogens is 2. The Kier molecular flexibility index (Phi) is 3.17. The highest BCUT2D eigenvalue weighted by Gasteiger charge is 2.15. The van der Waals surface area contributed by atoms with E-state index in [1.807, 2.05) is 24.3 Å². The number of carbonyl (C=O) groups excluding carboxylic acids is 1. The molecule has 2 nitrogen and oxygen atoms in total. The molecular weight excluding hydrogens is 326 g/mol. The standard InChI is InChI=1S/C15H9BrClNO/c16-10-6-4-9(5-7-10)15(19)11-8-18-13-3-1-2-12(17)14(11)13/h1-8,18H. The van der Waals surface area contributed by atoms with Gasteiger partial charge in [0.05, 0.1) is 5.02 Å². The van der Waals surface area contributed by atoms with Gasteiger partial charge in [-0.25, -0.2) is 0 Å². The Hall–Kier alpha value is -1.58. The van der Waals surface area contributed by atoms with Gasteiger partial charge < -0.3 is 4.98 Å². The predicted molar refractivity (Wildman–Crippen MR) is 80.9 cm³/mol. The molecule has 0 saturated carbocycles. The molecular formula is C15H9BrClNO. The summed E-state index contributed by atoms with van der Waals surface area (Å²) in [5.41, 5.74) is 2.11. The molecule has 3 aromatic rings. The van der Waals surface area contributed by atoms with Crippen LogP contribution in [0.3, 0.4) is 0 Å². The van der Waals surface area contributed by atoms with Crippen LogP contribution in [0.1, 0.15) is 15.9 Å². The molecule has 0 aliphatic carbocycles. The smallest absolute Gasteiger partial charge is 0.195 e. The van der Waals surface area contributed by atoms with Crippen molar-refractivity contribution in [1.29, 1.82) is 0 Å². The van der Waals surface area contributed by atoms with Crippen LogP contribution in [0.15, 0.2) is 53.1 Å². The molecule has 0 unspecified atom stereocenters. The van der Waals surface area contributed by atoms with E-state index in [1.165, 1.54) is 0 Å². The highest BCUT2D eigenvalue weighted by atomic mass is 79.9. The number of hydrogen-bond acceptors (Lipinski definition) is 1. The van der Waals surface area contributed by atoms with Crippen molar-refractivity contribution in [2.24, 2.45) is 0 Å². The number of aromatic nitrogens is 1. The van der Waals surface area contributed by atoms with Crippen molar-refractivity contribution in [2.75, 3.05) is 0 Å². The normalized spacial score (nSPS) is 10.8. The summed E-state index contributed by atoms with van der Waals surface area (Å²) in [6.45, 7) is 0. The minimum atomic E-state index is -0.0353. The number of fused-ring (bicyclic) bond motifs is 1. The minimum absolute atomic E-state index is 0.0353. The Morgan fingerprint density at radius 1 is 1.11 bits per heavy atom. The highest BCUT2D eigenvalue weighted by Crippen LogP contribution is 2.28. The summed E-state index contributed by atoms with van der Waals surface area (Å²) >= 11 is 9.54. The van der Waals surface area contributed by atoms with Gasteiger partial charge in [0.2, 0.25) is 0 Å². The Labute approximate surface area is 123 Å². The molecule has 94 valence electrons. The maximum Gasteiger partial charge on any atom is 0.195 e. The van der Waals surface area contributed by atoms with Crippen LogP contribution < -0.4 is 0 Å². The second-order valence-electron chi connectivity index (χ2n) is 4.20. The molecule has 0 radical (unpaired) electrons. The molecule has 1 N–H and O–H groups in total. The fourth-order valence-corrected chi connectivity index (χ4v) is 2.62. The van der Waals surface area contributed by atoms with Crippen molar-refractivity contribution in [2.45, 2.75) is 0 Å². The van der Waals surface area contributed by atoms with Crippen LogP contribution in [0.25, 0.3) is 10.9 Å². The van der Waals surface area contributed by atoms with Crippen LogP contribution in [0.2, 0.25) is 5.02 Å². The van der Waals surface area contributed by atoms with Crippen molar-refractivity contribution in [3.8, 4) is 0 Å². The van der Waals surface area contributed by atoms with E-state index in [0.717, 1.165) is 15.4 Å². The first-order valence-electron chi connectivity index (χ1n) is 5.72. The lowest BCUT2D eigenvalue weighted by molar-refractivity contribution is 0.104. The molecule has 0 saturated heterocycles. The Balaban J connectivity index is 2.14. The van der Waals surface area contributed by atoms with E-state index >= 15 is 0 Å². The van der Waals surface area contributed by atoms with Crippen molar-refractivity contribution in [1.82, 2.24) is 4.98 Å². The number of ketones is 1. The minimum Gasteiger partial charge on any atom is -0.360 e. The van der Waals surface area contributed by atoms with Crippen LogP contribution in [-0.2, 0) is 0 Å². The van der Waals surface area contributed by atoms with Gasteiger partial charge in [-0.1, -0.05) is 33.6 Å². The number of hydrogen-bond donors (Lipinski definition) is 1. The van der Waals surface area contributed by atoms with Crippen LogP contribution in [0.5, 0.6) is 0 Å². The van der Waals surface area contributed by atoms with Gasteiger partial charge in [-0.2, -0.15) is 0 Å². The maximum absolute atomic E-state index is 12.5. The first kappa shape index (κ1) is 12.5. The zero-order chi connectivity index (χ0) is 13.4. The monoisotopic (exact) mass is 333 g/mol. The van der Waals surface area contributed by atoms with E-state index in [2.05, 4.69) is 20.9 Å². The number of aromatic amines is 1. The third-order valence-corrected chi connectivity index (χ3v) is 3.85. The lowest BCUT2D eigenvalue weighted by Gasteiger charge is -2.01. The molecule has 1 aromatic heterocycles. The van der Waals surface area contributed by atoms with E-state index < -0.39 is 0 Å². The predicted octanol–water partition coefficient (Wildman–Crippen LogP) is 4.81. The van der Waals surface area contributed by atoms with Crippen molar-refractivity contribution >= 4 is 44.2 Å². The van der Waals surface area contributed by atoms with Crippen molar-refractivity contribution < 1.29 is 4.79 Å². The van der Waals surface area contributed by atoms with Gasteiger partial charge in [0.25, 0.3) is 0 Å². The molecule has 4 heteroatoms. The maximum atomic E-state index is 12.5. The fourth-order valence-electron chi connectivity index (χ4n) is 2.08. The molecule has 1 heterocycles. The number of nitrogens with one attached hydrogen (secondary N) is 1. The molecule has 0 aliphatic rings. The van der Waals surface area contributed by atoms with Gasteiger partial charge in [0.1, 0.15) is 0 Å². The Morgan fingerprint density at radius 2 is 1.84 bits per heavy atom. The molecule has 0 fully saturated rings. The lowest BCUT2D eigenvalue weighted by atomic mass is 10.0. The van der Waals surface area contributed by atoms with Crippen LogP contribution in [0.4, 0.5) is 0 Å². The molecule has 0 atom stereocenters. The summed E-state index contributed by atoms with van der Waals surface area (Å²) in [6, 6.07) is 12.8. The van der Waals surface area contributed by atoms with Crippen LogP contribution >= 0.6 is 27.5 Å². The average molecular weight is 335 g/mol. The van der Waals surface area contributed by atoms with Crippen molar-refractivity contribution in [3.05, 3.63) is 69.3 Å². The highest BCUT2D eigenvalue weighted by molar-refractivity contribution is 9.10. The third-order valence-electron chi connectivity index (χ3n) is 3.01. The Morgan fingerprint density at radius 3 is 2.58 bits per heavy atom. The number of benzene rings is 2.